The Labute approximate surface area is 104 Å². The molecule has 2 N–H and O–H groups in total. The van der Waals surface area contributed by atoms with Crippen LogP contribution in [0.4, 0.5) is 5.82 Å². The summed E-state index contributed by atoms with van der Waals surface area (Å²) in [4.78, 5) is 12.5. The van der Waals surface area contributed by atoms with Gasteiger partial charge in [0.2, 0.25) is 0 Å². The van der Waals surface area contributed by atoms with Crippen LogP contribution in [0.2, 0.25) is 0 Å². The van der Waals surface area contributed by atoms with Crippen LogP contribution in [-0.2, 0) is 0 Å². The minimum atomic E-state index is 0.259. The Bertz CT molecular complexity index is 524. The Hall–Kier alpha value is -1.56. The van der Waals surface area contributed by atoms with Crippen LogP contribution in [0.15, 0.2) is 27.3 Å². The fraction of sp³-hybridized carbons (Fsp3) is 0.364. The highest BCUT2D eigenvalue weighted by Crippen LogP contribution is 2.33. The molecule has 0 amide bonds. The van der Waals surface area contributed by atoms with Crippen LogP contribution >= 0.6 is 11.8 Å². The fourth-order valence-electron chi connectivity index (χ4n) is 1.48. The maximum Gasteiger partial charge on any atom is 0.262 e. The molecular formula is C11H14N4OS. The summed E-state index contributed by atoms with van der Waals surface area (Å²) in [5, 5.41) is 1.37. The van der Waals surface area contributed by atoms with Gasteiger partial charge in [0.15, 0.2) is 0 Å². The number of nitrogens with two attached hydrogens (primary N) is 1. The molecule has 90 valence electrons. The quantitative estimate of drug-likeness (QED) is 0.844. The molecule has 0 fully saturated rings. The number of oxazole rings is 1. The maximum atomic E-state index is 5.87. The molecule has 2 aromatic heterocycles. The molecule has 5 nitrogen and oxygen atoms in total. The second-order valence-electron chi connectivity index (χ2n) is 3.99. The predicted molar refractivity (Wildman–Crippen MR) is 65.9 cm³/mol. The third kappa shape index (κ3) is 2.58. The van der Waals surface area contributed by atoms with E-state index in [9.17, 15) is 0 Å². The first-order chi connectivity index (χ1) is 8.08. The Balaban J connectivity index is 2.35. The lowest BCUT2D eigenvalue weighted by atomic mass is 10.1. The van der Waals surface area contributed by atoms with Gasteiger partial charge in [-0.25, -0.2) is 15.0 Å². The van der Waals surface area contributed by atoms with Crippen LogP contribution < -0.4 is 5.73 Å². The summed E-state index contributed by atoms with van der Waals surface area (Å²) in [6, 6.07) is 0. The number of nitrogens with zero attached hydrogens (tertiary/aromatic N) is 3. The van der Waals surface area contributed by atoms with Crippen LogP contribution in [0.3, 0.4) is 0 Å². The van der Waals surface area contributed by atoms with Crippen molar-refractivity contribution in [3.63, 3.8) is 0 Å². The van der Waals surface area contributed by atoms with Crippen molar-refractivity contribution in [3.05, 3.63) is 23.8 Å². The number of aryl methyl sites for hydroxylation is 1. The summed E-state index contributed by atoms with van der Waals surface area (Å²) in [7, 11) is 0. The summed E-state index contributed by atoms with van der Waals surface area (Å²) >= 11 is 1.37. The highest BCUT2D eigenvalue weighted by molar-refractivity contribution is 7.99. The smallest absolute Gasteiger partial charge is 0.262 e. The molecule has 0 saturated heterocycles. The van der Waals surface area contributed by atoms with Crippen molar-refractivity contribution in [2.75, 3.05) is 5.73 Å². The molecule has 6 heteroatoms. The molecule has 0 aromatic carbocycles. The van der Waals surface area contributed by atoms with Gasteiger partial charge in [0, 0.05) is 5.56 Å². The normalized spacial score (nSPS) is 11.1. The van der Waals surface area contributed by atoms with Gasteiger partial charge < -0.3 is 10.2 Å². The summed E-state index contributed by atoms with van der Waals surface area (Å²) in [6.07, 6.45) is 3.07. The van der Waals surface area contributed by atoms with Gasteiger partial charge in [0.25, 0.3) is 5.22 Å². The van der Waals surface area contributed by atoms with E-state index in [1.807, 2.05) is 6.92 Å². The van der Waals surface area contributed by atoms with Crippen LogP contribution in [-0.4, -0.2) is 15.0 Å². The van der Waals surface area contributed by atoms with E-state index in [-0.39, 0.29) is 5.92 Å². The van der Waals surface area contributed by atoms with Crippen molar-refractivity contribution >= 4 is 17.6 Å². The number of hydrogen-bond acceptors (Lipinski definition) is 6. The zero-order valence-electron chi connectivity index (χ0n) is 9.97. The van der Waals surface area contributed by atoms with E-state index >= 15 is 0 Å². The molecule has 2 aromatic rings. The van der Waals surface area contributed by atoms with Gasteiger partial charge in [-0.3, -0.25) is 0 Å². The zero-order valence-corrected chi connectivity index (χ0v) is 10.8. The highest BCUT2D eigenvalue weighted by Gasteiger charge is 2.15. The Morgan fingerprint density at radius 3 is 2.71 bits per heavy atom. The third-order valence-corrected chi connectivity index (χ3v) is 3.12. The molecule has 2 heterocycles. The molecule has 0 aliphatic heterocycles. The van der Waals surface area contributed by atoms with Gasteiger partial charge in [-0.1, -0.05) is 13.8 Å². The molecule has 0 aliphatic rings. The molecule has 2 rings (SSSR count). The third-order valence-electron chi connectivity index (χ3n) is 2.24. The molecule has 0 bridgehead atoms. The average molecular weight is 250 g/mol. The summed E-state index contributed by atoms with van der Waals surface area (Å²) in [5.41, 5.74) is 7.65. The van der Waals surface area contributed by atoms with Gasteiger partial charge in [-0.05, 0) is 24.6 Å². The van der Waals surface area contributed by atoms with Gasteiger partial charge >= 0.3 is 0 Å². The Morgan fingerprint density at radius 1 is 1.35 bits per heavy atom. The number of aromatic nitrogens is 3. The SMILES string of the molecule is Cc1coc(Sc2ncnc(N)c2C(C)C)n1. The number of hydrogen-bond donors (Lipinski definition) is 1. The summed E-state index contributed by atoms with van der Waals surface area (Å²) in [5.74, 6) is 0.774. The molecule has 0 spiro atoms. The second kappa shape index (κ2) is 4.75. The lowest BCUT2D eigenvalue weighted by molar-refractivity contribution is 0.453. The van der Waals surface area contributed by atoms with E-state index in [2.05, 4.69) is 28.8 Å². The van der Waals surface area contributed by atoms with Gasteiger partial charge in [-0.2, -0.15) is 0 Å². The Kier molecular flexibility index (Phi) is 3.33. The number of anilines is 1. The van der Waals surface area contributed by atoms with Crippen molar-refractivity contribution in [2.45, 2.75) is 36.9 Å². The molecule has 0 radical (unpaired) electrons. The molecule has 0 atom stereocenters. The number of rotatable bonds is 3. The maximum absolute atomic E-state index is 5.87. The first-order valence-electron chi connectivity index (χ1n) is 5.28. The first kappa shape index (κ1) is 11.9. The second-order valence-corrected chi connectivity index (χ2v) is 4.93. The lowest BCUT2D eigenvalue weighted by Crippen LogP contribution is -2.03. The van der Waals surface area contributed by atoms with Crippen molar-refractivity contribution in [3.8, 4) is 0 Å². The van der Waals surface area contributed by atoms with Crippen molar-refractivity contribution in [2.24, 2.45) is 0 Å². The lowest BCUT2D eigenvalue weighted by Gasteiger charge is -2.11. The molecule has 0 unspecified atom stereocenters. The zero-order chi connectivity index (χ0) is 12.4. The van der Waals surface area contributed by atoms with E-state index in [0.29, 0.717) is 11.0 Å². The van der Waals surface area contributed by atoms with Crippen molar-refractivity contribution in [1.82, 2.24) is 15.0 Å². The number of nitrogen functional groups attached to an aromatic ring is 1. The van der Waals surface area contributed by atoms with E-state index in [4.69, 9.17) is 10.2 Å². The Morgan fingerprint density at radius 2 is 2.12 bits per heavy atom. The minimum Gasteiger partial charge on any atom is -0.439 e. The highest BCUT2D eigenvalue weighted by atomic mass is 32.2. The van der Waals surface area contributed by atoms with Crippen LogP contribution in [0.25, 0.3) is 0 Å². The largest absolute Gasteiger partial charge is 0.439 e. The molecule has 17 heavy (non-hydrogen) atoms. The summed E-state index contributed by atoms with van der Waals surface area (Å²) < 4.78 is 5.29. The molecule has 0 aliphatic carbocycles. The standard InChI is InChI=1S/C11H14N4OS/c1-6(2)8-9(12)13-5-14-10(8)17-11-15-7(3)4-16-11/h4-6H,1-3H3,(H2,12,13,14). The topological polar surface area (TPSA) is 77.8 Å². The predicted octanol–water partition coefficient (Wildman–Crippen LogP) is 2.63. The summed E-state index contributed by atoms with van der Waals surface area (Å²) in [6.45, 7) is 5.99. The van der Waals surface area contributed by atoms with Gasteiger partial charge in [0.05, 0.1) is 5.69 Å². The van der Waals surface area contributed by atoms with Crippen LogP contribution in [0.1, 0.15) is 31.0 Å². The molecule has 0 saturated carbocycles. The average Bonchev–Trinajstić information content (AvgIpc) is 2.63. The first-order valence-corrected chi connectivity index (χ1v) is 6.10. The fourth-order valence-corrected chi connectivity index (χ4v) is 2.48. The van der Waals surface area contributed by atoms with Crippen LogP contribution in [0.5, 0.6) is 0 Å². The van der Waals surface area contributed by atoms with Crippen molar-refractivity contribution in [1.29, 1.82) is 0 Å². The monoisotopic (exact) mass is 250 g/mol. The van der Waals surface area contributed by atoms with Crippen molar-refractivity contribution < 1.29 is 4.42 Å². The van der Waals surface area contributed by atoms with E-state index in [1.165, 1.54) is 18.1 Å². The van der Waals surface area contributed by atoms with E-state index in [1.54, 1.807) is 6.26 Å². The van der Waals surface area contributed by atoms with Gasteiger partial charge in [0.1, 0.15) is 23.4 Å². The van der Waals surface area contributed by atoms with Crippen LogP contribution in [0, 0.1) is 6.92 Å². The van der Waals surface area contributed by atoms with Gasteiger partial charge in [-0.15, -0.1) is 0 Å². The van der Waals surface area contributed by atoms with E-state index in [0.717, 1.165) is 16.3 Å². The minimum absolute atomic E-state index is 0.259. The molecular weight excluding hydrogens is 236 g/mol. The van der Waals surface area contributed by atoms with E-state index < -0.39 is 0 Å².